The first kappa shape index (κ1) is 12.8. The van der Waals surface area contributed by atoms with Crippen LogP contribution in [0, 0.1) is 6.92 Å². The molecule has 0 spiro atoms. The van der Waals surface area contributed by atoms with Crippen molar-refractivity contribution in [2.24, 2.45) is 5.84 Å². The molecule has 0 unspecified atom stereocenters. The smallest absolute Gasteiger partial charge is 0.261 e. The van der Waals surface area contributed by atoms with Crippen molar-refractivity contribution in [1.29, 1.82) is 0 Å². The third-order valence-corrected chi connectivity index (χ3v) is 3.33. The SMILES string of the molecule is Cc1c(NN)nc(C(C)C)nc1Sc1ncco1. The van der Waals surface area contributed by atoms with Gasteiger partial charge in [-0.05, 0) is 18.7 Å². The van der Waals surface area contributed by atoms with Gasteiger partial charge in [0.15, 0.2) is 0 Å². The van der Waals surface area contributed by atoms with Crippen LogP contribution in [-0.2, 0) is 0 Å². The predicted molar refractivity (Wildman–Crippen MR) is 69.3 cm³/mol. The Labute approximate surface area is 109 Å². The Bertz CT molecular complexity index is 526. The summed E-state index contributed by atoms with van der Waals surface area (Å²) in [6.45, 7) is 5.97. The van der Waals surface area contributed by atoms with Gasteiger partial charge in [0.2, 0.25) is 0 Å². The number of oxazole rings is 1. The maximum absolute atomic E-state index is 5.47. The Morgan fingerprint density at radius 3 is 2.72 bits per heavy atom. The van der Waals surface area contributed by atoms with E-state index >= 15 is 0 Å². The van der Waals surface area contributed by atoms with E-state index in [4.69, 9.17) is 10.3 Å². The van der Waals surface area contributed by atoms with Crippen molar-refractivity contribution in [3.05, 3.63) is 23.8 Å². The number of hydrogen-bond acceptors (Lipinski definition) is 7. The molecule has 18 heavy (non-hydrogen) atoms. The fourth-order valence-electron chi connectivity index (χ4n) is 1.35. The molecule has 2 aromatic rings. The van der Waals surface area contributed by atoms with Crippen LogP contribution in [0.5, 0.6) is 0 Å². The molecule has 0 aliphatic carbocycles. The largest absolute Gasteiger partial charge is 0.440 e. The lowest BCUT2D eigenvalue weighted by atomic mass is 10.2. The fraction of sp³-hybridized carbons (Fsp3) is 0.364. The summed E-state index contributed by atoms with van der Waals surface area (Å²) in [4.78, 5) is 12.9. The van der Waals surface area contributed by atoms with Crippen molar-refractivity contribution in [3.8, 4) is 0 Å². The van der Waals surface area contributed by atoms with Crippen LogP contribution in [0.3, 0.4) is 0 Å². The molecule has 0 saturated heterocycles. The maximum Gasteiger partial charge on any atom is 0.261 e. The van der Waals surface area contributed by atoms with Crippen molar-refractivity contribution in [2.75, 3.05) is 5.43 Å². The van der Waals surface area contributed by atoms with Crippen LogP contribution < -0.4 is 11.3 Å². The molecular weight excluding hydrogens is 250 g/mol. The van der Waals surface area contributed by atoms with Crippen molar-refractivity contribution in [2.45, 2.75) is 36.9 Å². The van der Waals surface area contributed by atoms with E-state index in [-0.39, 0.29) is 5.92 Å². The number of hydrazine groups is 1. The number of anilines is 1. The van der Waals surface area contributed by atoms with Gasteiger partial charge in [0.25, 0.3) is 5.22 Å². The van der Waals surface area contributed by atoms with Gasteiger partial charge >= 0.3 is 0 Å². The third kappa shape index (κ3) is 2.62. The molecule has 6 nitrogen and oxygen atoms in total. The van der Waals surface area contributed by atoms with Crippen molar-refractivity contribution < 1.29 is 4.42 Å². The standard InChI is InChI=1S/C11H15N5OS/c1-6(2)8-14-9(16-12)7(3)10(15-8)18-11-13-4-5-17-11/h4-6H,12H2,1-3H3,(H,14,15,16). The van der Waals surface area contributed by atoms with Crippen LogP contribution in [0.2, 0.25) is 0 Å². The molecule has 0 saturated carbocycles. The van der Waals surface area contributed by atoms with Gasteiger partial charge in [-0.3, -0.25) is 0 Å². The van der Waals surface area contributed by atoms with Gasteiger partial charge in [-0.25, -0.2) is 20.8 Å². The van der Waals surface area contributed by atoms with Crippen LogP contribution in [0.4, 0.5) is 5.82 Å². The normalized spacial score (nSPS) is 10.9. The Hall–Kier alpha value is -1.60. The number of hydrogen-bond donors (Lipinski definition) is 2. The zero-order valence-electron chi connectivity index (χ0n) is 10.5. The fourth-order valence-corrected chi connectivity index (χ4v) is 2.13. The molecule has 2 heterocycles. The zero-order chi connectivity index (χ0) is 13.1. The number of nitrogens with one attached hydrogen (secondary N) is 1. The van der Waals surface area contributed by atoms with Crippen LogP contribution in [0.1, 0.15) is 31.2 Å². The topological polar surface area (TPSA) is 89.9 Å². The van der Waals surface area contributed by atoms with Gasteiger partial charge in [0.1, 0.15) is 22.9 Å². The Kier molecular flexibility index (Phi) is 3.83. The second-order valence-corrected chi connectivity index (χ2v) is 5.00. The van der Waals surface area contributed by atoms with Crippen LogP contribution in [0.25, 0.3) is 0 Å². The predicted octanol–water partition coefficient (Wildman–Crippen LogP) is 2.33. The lowest BCUT2D eigenvalue weighted by Gasteiger charge is -2.12. The molecule has 3 N–H and O–H groups in total. The summed E-state index contributed by atoms with van der Waals surface area (Å²) in [6, 6.07) is 0. The van der Waals surface area contributed by atoms with Gasteiger partial charge < -0.3 is 9.84 Å². The molecular formula is C11H15N5OS. The summed E-state index contributed by atoms with van der Waals surface area (Å²) < 4.78 is 5.21. The summed E-state index contributed by atoms with van der Waals surface area (Å²) in [5.41, 5.74) is 3.47. The van der Waals surface area contributed by atoms with E-state index in [9.17, 15) is 0 Å². The third-order valence-electron chi connectivity index (χ3n) is 2.37. The molecule has 7 heteroatoms. The minimum absolute atomic E-state index is 0.224. The maximum atomic E-state index is 5.47. The summed E-state index contributed by atoms with van der Waals surface area (Å²) in [6.07, 6.45) is 3.13. The molecule has 2 aromatic heterocycles. The zero-order valence-corrected chi connectivity index (χ0v) is 11.3. The average molecular weight is 265 g/mol. The van der Waals surface area contributed by atoms with Crippen LogP contribution >= 0.6 is 11.8 Å². The molecule has 0 aliphatic heterocycles. The van der Waals surface area contributed by atoms with E-state index < -0.39 is 0 Å². The number of nitrogens with two attached hydrogens (primary N) is 1. The average Bonchev–Trinajstić information content (AvgIpc) is 2.84. The summed E-state index contributed by atoms with van der Waals surface area (Å²) in [5.74, 6) is 7.06. The summed E-state index contributed by atoms with van der Waals surface area (Å²) >= 11 is 1.36. The van der Waals surface area contributed by atoms with Gasteiger partial charge in [-0.2, -0.15) is 0 Å². The molecule has 0 aliphatic rings. The highest BCUT2D eigenvalue weighted by atomic mass is 32.2. The Morgan fingerprint density at radius 1 is 1.39 bits per heavy atom. The van der Waals surface area contributed by atoms with Gasteiger partial charge in [0.05, 0.1) is 6.20 Å². The summed E-state index contributed by atoms with van der Waals surface area (Å²) in [5, 5.41) is 1.35. The number of nitrogens with zero attached hydrogens (tertiary/aromatic N) is 3. The van der Waals surface area contributed by atoms with Crippen LogP contribution in [-0.4, -0.2) is 15.0 Å². The molecule has 96 valence electrons. The van der Waals surface area contributed by atoms with E-state index in [1.807, 2.05) is 20.8 Å². The first-order valence-corrected chi connectivity index (χ1v) is 6.36. The molecule has 0 atom stereocenters. The Balaban J connectivity index is 2.41. The van der Waals surface area contributed by atoms with Gasteiger partial charge in [0, 0.05) is 11.5 Å². The van der Waals surface area contributed by atoms with E-state index in [1.165, 1.54) is 18.0 Å². The summed E-state index contributed by atoms with van der Waals surface area (Å²) in [7, 11) is 0. The van der Waals surface area contributed by atoms with E-state index in [1.54, 1.807) is 6.20 Å². The van der Waals surface area contributed by atoms with Crippen molar-refractivity contribution >= 4 is 17.6 Å². The number of nitrogen functional groups attached to an aromatic ring is 1. The van der Waals surface area contributed by atoms with Crippen molar-refractivity contribution in [1.82, 2.24) is 15.0 Å². The van der Waals surface area contributed by atoms with E-state index in [2.05, 4.69) is 20.4 Å². The van der Waals surface area contributed by atoms with E-state index in [0.717, 1.165) is 16.4 Å². The first-order valence-electron chi connectivity index (χ1n) is 5.54. The minimum atomic E-state index is 0.224. The first-order chi connectivity index (χ1) is 8.61. The quantitative estimate of drug-likeness (QED) is 0.498. The Morgan fingerprint density at radius 2 is 2.17 bits per heavy atom. The van der Waals surface area contributed by atoms with Gasteiger partial charge in [-0.1, -0.05) is 13.8 Å². The second kappa shape index (κ2) is 5.36. The second-order valence-electron chi connectivity index (χ2n) is 4.06. The molecule has 0 amide bonds. The molecule has 0 radical (unpaired) electrons. The highest BCUT2D eigenvalue weighted by Crippen LogP contribution is 2.31. The number of aromatic nitrogens is 3. The highest BCUT2D eigenvalue weighted by Gasteiger charge is 2.15. The lowest BCUT2D eigenvalue weighted by Crippen LogP contribution is -2.13. The molecule has 0 fully saturated rings. The van der Waals surface area contributed by atoms with Gasteiger partial charge in [-0.15, -0.1) is 0 Å². The molecule has 2 rings (SSSR count). The highest BCUT2D eigenvalue weighted by molar-refractivity contribution is 7.99. The lowest BCUT2D eigenvalue weighted by molar-refractivity contribution is 0.453. The van der Waals surface area contributed by atoms with Crippen LogP contribution in [0.15, 0.2) is 27.1 Å². The number of rotatable bonds is 4. The minimum Gasteiger partial charge on any atom is -0.440 e. The van der Waals surface area contributed by atoms with Crippen molar-refractivity contribution in [3.63, 3.8) is 0 Å². The molecule has 0 bridgehead atoms. The monoisotopic (exact) mass is 265 g/mol. The molecule has 0 aromatic carbocycles. The van der Waals surface area contributed by atoms with E-state index in [0.29, 0.717) is 11.0 Å².